The Balaban J connectivity index is 1.95. The molecule has 0 saturated heterocycles. The molecule has 0 heterocycles. The summed E-state index contributed by atoms with van der Waals surface area (Å²) in [6, 6.07) is 14.0. The fourth-order valence-electron chi connectivity index (χ4n) is 2.32. The molecule has 2 aromatic rings. The van der Waals surface area contributed by atoms with Crippen LogP contribution < -0.4 is 5.32 Å². The van der Waals surface area contributed by atoms with Crippen LogP contribution in [-0.2, 0) is 6.54 Å². The molecule has 1 fully saturated rings. The summed E-state index contributed by atoms with van der Waals surface area (Å²) in [6.07, 6.45) is 2.53. The van der Waals surface area contributed by atoms with Gasteiger partial charge in [-0.1, -0.05) is 35.9 Å². The van der Waals surface area contributed by atoms with Crippen LogP contribution in [0.3, 0.4) is 0 Å². The molecule has 1 aliphatic carbocycles. The second-order valence-electron chi connectivity index (χ2n) is 5.30. The van der Waals surface area contributed by atoms with Gasteiger partial charge in [0, 0.05) is 18.2 Å². The number of aryl methyl sites for hydroxylation is 1. The molecular weight excluding hydrogens is 237 g/mol. The quantitative estimate of drug-likeness (QED) is 0.869. The molecule has 0 spiro atoms. The first-order valence-corrected chi connectivity index (χ1v) is 6.82. The Bertz CT molecular complexity index is 588. The minimum Gasteiger partial charge on any atom is -0.310 e. The highest BCUT2D eigenvalue weighted by molar-refractivity contribution is 5.68. The van der Waals surface area contributed by atoms with Crippen molar-refractivity contribution in [3.63, 3.8) is 0 Å². The van der Waals surface area contributed by atoms with Crippen molar-refractivity contribution in [1.82, 2.24) is 5.32 Å². The van der Waals surface area contributed by atoms with E-state index in [9.17, 15) is 4.39 Å². The van der Waals surface area contributed by atoms with Gasteiger partial charge in [-0.3, -0.25) is 0 Å². The van der Waals surface area contributed by atoms with Crippen LogP contribution in [0, 0.1) is 12.7 Å². The monoisotopic (exact) mass is 255 g/mol. The van der Waals surface area contributed by atoms with Crippen molar-refractivity contribution in [2.75, 3.05) is 0 Å². The minimum atomic E-state index is -0.149. The number of hydrogen-bond donors (Lipinski definition) is 1. The van der Waals surface area contributed by atoms with E-state index < -0.39 is 0 Å². The molecule has 0 amide bonds. The fraction of sp³-hybridized carbons (Fsp3) is 0.294. The van der Waals surface area contributed by atoms with E-state index in [-0.39, 0.29) is 5.82 Å². The van der Waals surface area contributed by atoms with E-state index in [4.69, 9.17) is 0 Å². The third-order valence-corrected chi connectivity index (χ3v) is 3.59. The van der Waals surface area contributed by atoms with Gasteiger partial charge >= 0.3 is 0 Å². The maximum Gasteiger partial charge on any atom is 0.131 e. The molecule has 19 heavy (non-hydrogen) atoms. The molecule has 0 unspecified atom stereocenters. The van der Waals surface area contributed by atoms with E-state index in [1.165, 1.54) is 18.4 Å². The van der Waals surface area contributed by atoms with Crippen molar-refractivity contribution in [1.29, 1.82) is 0 Å². The predicted molar refractivity (Wildman–Crippen MR) is 76.4 cm³/mol. The van der Waals surface area contributed by atoms with E-state index in [1.54, 1.807) is 6.07 Å². The molecule has 0 radical (unpaired) electrons. The average Bonchev–Trinajstić information content (AvgIpc) is 3.24. The second kappa shape index (κ2) is 5.14. The summed E-state index contributed by atoms with van der Waals surface area (Å²) in [7, 11) is 0. The molecule has 2 heteroatoms. The van der Waals surface area contributed by atoms with Crippen molar-refractivity contribution < 1.29 is 4.39 Å². The number of benzene rings is 2. The zero-order chi connectivity index (χ0) is 13.2. The minimum absolute atomic E-state index is 0.149. The Morgan fingerprint density at radius 1 is 1.11 bits per heavy atom. The van der Waals surface area contributed by atoms with Crippen LogP contribution in [0.2, 0.25) is 0 Å². The normalized spacial score (nSPS) is 14.6. The zero-order valence-corrected chi connectivity index (χ0v) is 11.1. The SMILES string of the molecule is Cc1ccc(F)c(-c2ccccc2CNC2CC2)c1. The molecule has 1 aliphatic rings. The Kier molecular flexibility index (Phi) is 3.34. The first kappa shape index (κ1) is 12.4. The van der Waals surface area contributed by atoms with Crippen molar-refractivity contribution in [3.05, 3.63) is 59.4 Å². The van der Waals surface area contributed by atoms with E-state index in [0.717, 1.165) is 17.7 Å². The summed E-state index contributed by atoms with van der Waals surface area (Å²) in [5.41, 5.74) is 3.95. The number of halogens is 1. The van der Waals surface area contributed by atoms with E-state index >= 15 is 0 Å². The lowest BCUT2D eigenvalue weighted by Crippen LogP contribution is -2.15. The first-order chi connectivity index (χ1) is 9.24. The van der Waals surface area contributed by atoms with Crippen molar-refractivity contribution in [2.24, 2.45) is 0 Å². The number of rotatable bonds is 4. The fourth-order valence-corrected chi connectivity index (χ4v) is 2.32. The van der Waals surface area contributed by atoms with Crippen LogP contribution in [0.15, 0.2) is 42.5 Å². The van der Waals surface area contributed by atoms with Crippen LogP contribution in [-0.4, -0.2) is 6.04 Å². The van der Waals surface area contributed by atoms with Gasteiger partial charge in [-0.05, 0) is 43.0 Å². The molecule has 1 nitrogen and oxygen atoms in total. The summed E-state index contributed by atoms with van der Waals surface area (Å²) in [4.78, 5) is 0. The molecule has 0 atom stereocenters. The van der Waals surface area contributed by atoms with Crippen molar-refractivity contribution in [2.45, 2.75) is 32.4 Å². The summed E-state index contributed by atoms with van der Waals surface area (Å²) in [6.45, 7) is 2.81. The molecule has 1 N–H and O–H groups in total. The van der Waals surface area contributed by atoms with Crippen LogP contribution in [0.5, 0.6) is 0 Å². The summed E-state index contributed by atoms with van der Waals surface area (Å²) >= 11 is 0. The van der Waals surface area contributed by atoms with E-state index in [2.05, 4.69) is 11.4 Å². The summed E-state index contributed by atoms with van der Waals surface area (Å²) < 4.78 is 14.0. The standard InChI is InChI=1S/C17H18FN/c1-12-6-9-17(18)16(10-12)15-5-3-2-4-13(15)11-19-14-7-8-14/h2-6,9-10,14,19H,7-8,11H2,1H3. The molecule has 0 bridgehead atoms. The lowest BCUT2D eigenvalue weighted by molar-refractivity contribution is 0.630. The molecule has 0 aromatic heterocycles. The van der Waals surface area contributed by atoms with Gasteiger partial charge < -0.3 is 5.32 Å². The largest absolute Gasteiger partial charge is 0.310 e. The summed E-state index contributed by atoms with van der Waals surface area (Å²) in [5.74, 6) is -0.149. The molecule has 3 rings (SSSR count). The van der Waals surface area contributed by atoms with Gasteiger partial charge in [0.1, 0.15) is 5.82 Å². The molecule has 2 aromatic carbocycles. The van der Waals surface area contributed by atoms with E-state index in [1.807, 2.05) is 37.3 Å². The highest BCUT2D eigenvalue weighted by atomic mass is 19.1. The Labute approximate surface area is 113 Å². The molecular formula is C17H18FN. The Hall–Kier alpha value is -1.67. The Morgan fingerprint density at radius 2 is 1.89 bits per heavy atom. The first-order valence-electron chi connectivity index (χ1n) is 6.82. The van der Waals surface area contributed by atoms with Crippen molar-refractivity contribution in [3.8, 4) is 11.1 Å². The van der Waals surface area contributed by atoms with Gasteiger partial charge in [0.25, 0.3) is 0 Å². The summed E-state index contributed by atoms with van der Waals surface area (Å²) in [5, 5.41) is 3.49. The van der Waals surface area contributed by atoms with Crippen LogP contribution in [0.25, 0.3) is 11.1 Å². The predicted octanol–water partition coefficient (Wildman–Crippen LogP) is 4.05. The third kappa shape index (κ3) is 2.85. The van der Waals surface area contributed by atoms with Gasteiger partial charge in [-0.2, -0.15) is 0 Å². The molecule has 98 valence electrons. The lowest BCUT2D eigenvalue weighted by atomic mass is 9.97. The van der Waals surface area contributed by atoms with Gasteiger partial charge in [0.2, 0.25) is 0 Å². The van der Waals surface area contributed by atoms with Crippen LogP contribution in [0.1, 0.15) is 24.0 Å². The third-order valence-electron chi connectivity index (χ3n) is 3.59. The van der Waals surface area contributed by atoms with Gasteiger partial charge in [0.15, 0.2) is 0 Å². The second-order valence-corrected chi connectivity index (χ2v) is 5.30. The van der Waals surface area contributed by atoms with Crippen molar-refractivity contribution >= 4 is 0 Å². The smallest absolute Gasteiger partial charge is 0.131 e. The van der Waals surface area contributed by atoms with Gasteiger partial charge in [-0.25, -0.2) is 4.39 Å². The zero-order valence-electron chi connectivity index (χ0n) is 11.1. The topological polar surface area (TPSA) is 12.0 Å². The van der Waals surface area contributed by atoms with Gasteiger partial charge in [0.05, 0.1) is 0 Å². The number of nitrogens with one attached hydrogen (secondary N) is 1. The van der Waals surface area contributed by atoms with Gasteiger partial charge in [-0.15, -0.1) is 0 Å². The maximum absolute atomic E-state index is 14.0. The highest BCUT2D eigenvalue weighted by Crippen LogP contribution is 2.28. The average molecular weight is 255 g/mol. The highest BCUT2D eigenvalue weighted by Gasteiger charge is 2.20. The van der Waals surface area contributed by atoms with Crippen LogP contribution in [0.4, 0.5) is 4.39 Å². The molecule has 1 saturated carbocycles. The molecule has 0 aliphatic heterocycles. The van der Waals surface area contributed by atoms with Crippen LogP contribution >= 0.6 is 0 Å². The lowest BCUT2D eigenvalue weighted by Gasteiger charge is -2.12. The maximum atomic E-state index is 14.0. The Morgan fingerprint density at radius 3 is 2.68 bits per heavy atom. The van der Waals surface area contributed by atoms with E-state index in [0.29, 0.717) is 11.6 Å². The number of hydrogen-bond acceptors (Lipinski definition) is 1.